The first-order valence-electron chi connectivity index (χ1n) is 4.93. The van der Waals surface area contributed by atoms with E-state index < -0.39 is 23.1 Å². The van der Waals surface area contributed by atoms with Gasteiger partial charge in [-0.3, -0.25) is 4.79 Å². The van der Waals surface area contributed by atoms with Gasteiger partial charge in [0.1, 0.15) is 17.2 Å². The lowest BCUT2D eigenvalue weighted by Gasteiger charge is -2.12. The molecule has 0 radical (unpaired) electrons. The summed E-state index contributed by atoms with van der Waals surface area (Å²) in [6.45, 7) is 3.34. The van der Waals surface area contributed by atoms with Crippen molar-refractivity contribution in [1.82, 2.24) is 5.32 Å². The molecule has 0 unspecified atom stereocenters. The van der Waals surface area contributed by atoms with Gasteiger partial charge in [-0.15, -0.1) is 0 Å². The van der Waals surface area contributed by atoms with Crippen molar-refractivity contribution in [3.8, 4) is 0 Å². The molecule has 16 heavy (non-hydrogen) atoms. The highest BCUT2D eigenvalue weighted by Gasteiger charge is 2.19. The molecule has 3 nitrogen and oxygen atoms in total. The zero-order valence-corrected chi connectivity index (χ0v) is 9.18. The molecule has 0 aliphatic heterocycles. The van der Waals surface area contributed by atoms with Crippen LogP contribution in [0.4, 0.5) is 8.78 Å². The van der Waals surface area contributed by atoms with E-state index >= 15 is 0 Å². The summed E-state index contributed by atoms with van der Waals surface area (Å²) in [5, 5.41) is 2.41. The van der Waals surface area contributed by atoms with Crippen molar-refractivity contribution in [3.63, 3.8) is 0 Å². The second-order valence-corrected chi connectivity index (χ2v) is 3.66. The van der Waals surface area contributed by atoms with E-state index in [0.717, 1.165) is 6.07 Å². The fraction of sp³-hybridized carbons (Fsp3) is 0.364. The van der Waals surface area contributed by atoms with Crippen LogP contribution in [0.2, 0.25) is 0 Å². The molecule has 0 saturated heterocycles. The number of carbonyl (C=O) groups excluding carboxylic acids is 1. The lowest BCUT2D eigenvalue weighted by Crippen LogP contribution is -2.38. The number of nitrogens with two attached hydrogens (primary N) is 1. The number of carbonyl (C=O) groups is 1. The van der Waals surface area contributed by atoms with Crippen molar-refractivity contribution in [2.45, 2.75) is 19.9 Å². The van der Waals surface area contributed by atoms with E-state index in [9.17, 15) is 13.6 Å². The molecule has 0 bridgehead atoms. The topological polar surface area (TPSA) is 55.1 Å². The summed E-state index contributed by atoms with van der Waals surface area (Å²) < 4.78 is 26.8. The van der Waals surface area contributed by atoms with E-state index in [2.05, 4.69) is 5.32 Å². The second-order valence-electron chi connectivity index (χ2n) is 3.66. The Bertz CT molecular complexity index is 407. The average molecular weight is 228 g/mol. The molecular weight excluding hydrogens is 214 g/mol. The fourth-order valence-electron chi connectivity index (χ4n) is 1.22. The molecule has 0 aliphatic rings. The summed E-state index contributed by atoms with van der Waals surface area (Å²) in [6, 6.07) is 2.03. The van der Waals surface area contributed by atoms with E-state index in [4.69, 9.17) is 5.73 Å². The molecule has 1 amide bonds. The molecule has 1 rings (SSSR count). The van der Waals surface area contributed by atoms with Crippen molar-refractivity contribution < 1.29 is 13.6 Å². The van der Waals surface area contributed by atoms with Gasteiger partial charge in [0.05, 0.1) is 0 Å². The van der Waals surface area contributed by atoms with Crippen molar-refractivity contribution >= 4 is 5.91 Å². The Morgan fingerprint density at radius 1 is 1.50 bits per heavy atom. The predicted molar refractivity (Wildman–Crippen MR) is 57.1 cm³/mol. The maximum Gasteiger partial charge on any atom is 0.257 e. The molecule has 88 valence electrons. The number of rotatable bonds is 3. The third-order valence-corrected chi connectivity index (χ3v) is 2.24. The Morgan fingerprint density at radius 2 is 2.12 bits per heavy atom. The summed E-state index contributed by atoms with van der Waals surface area (Å²) in [7, 11) is 0. The molecule has 1 aromatic carbocycles. The number of benzene rings is 1. The summed E-state index contributed by atoms with van der Waals surface area (Å²) in [5.41, 5.74) is 4.98. The van der Waals surface area contributed by atoms with E-state index in [0.29, 0.717) is 0 Å². The lowest BCUT2D eigenvalue weighted by atomic mass is 10.1. The zero-order chi connectivity index (χ0) is 12.3. The van der Waals surface area contributed by atoms with E-state index in [-0.39, 0.29) is 18.2 Å². The summed E-state index contributed by atoms with van der Waals surface area (Å²) >= 11 is 0. The quantitative estimate of drug-likeness (QED) is 0.820. The largest absolute Gasteiger partial charge is 0.348 e. The van der Waals surface area contributed by atoms with Crippen LogP contribution in [-0.4, -0.2) is 18.5 Å². The predicted octanol–water partition coefficient (Wildman–Crippen LogP) is 1.35. The minimum absolute atomic E-state index is 0.209. The Balaban J connectivity index is 3.03. The number of halogens is 2. The Morgan fingerprint density at radius 3 is 2.69 bits per heavy atom. The van der Waals surface area contributed by atoms with Gasteiger partial charge >= 0.3 is 0 Å². The van der Waals surface area contributed by atoms with Crippen LogP contribution >= 0.6 is 0 Å². The Kier molecular flexibility index (Phi) is 3.95. The summed E-state index contributed by atoms with van der Waals surface area (Å²) in [4.78, 5) is 11.6. The van der Waals surface area contributed by atoms with Gasteiger partial charge in [-0.25, -0.2) is 8.78 Å². The molecule has 1 aromatic rings. The van der Waals surface area contributed by atoms with Crippen LogP contribution in [0.5, 0.6) is 0 Å². The van der Waals surface area contributed by atoms with Gasteiger partial charge in [0, 0.05) is 12.6 Å². The van der Waals surface area contributed by atoms with Crippen molar-refractivity contribution in [1.29, 1.82) is 0 Å². The normalized spacial score (nSPS) is 12.3. The minimum Gasteiger partial charge on any atom is -0.348 e. The Labute approximate surface area is 92.6 Å². The molecular formula is C11H14F2N2O. The molecule has 0 heterocycles. The highest BCUT2D eigenvalue weighted by molar-refractivity contribution is 5.95. The van der Waals surface area contributed by atoms with Gasteiger partial charge in [-0.05, 0) is 25.5 Å². The van der Waals surface area contributed by atoms with Crippen molar-refractivity contribution in [3.05, 3.63) is 34.9 Å². The van der Waals surface area contributed by atoms with Gasteiger partial charge in [0.2, 0.25) is 0 Å². The number of aryl methyl sites for hydroxylation is 1. The molecule has 0 aromatic heterocycles. The van der Waals surface area contributed by atoms with Crippen LogP contribution in [0.25, 0.3) is 0 Å². The highest BCUT2D eigenvalue weighted by Crippen LogP contribution is 2.16. The van der Waals surface area contributed by atoms with Gasteiger partial charge in [0.15, 0.2) is 0 Å². The smallest absolute Gasteiger partial charge is 0.257 e. The number of hydrogen-bond donors (Lipinski definition) is 2. The molecule has 1 atom stereocenters. The van der Waals surface area contributed by atoms with Crippen molar-refractivity contribution in [2.24, 2.45) is 5.73 Å². The molecule has 5 heteroatoms. The van der Waals surface area contributed by atoms with Crippen LogP contribution in [-0.2, 0) is 0 Å². The number of nitrogens with one attached hydrogen (secondary N) is 1. The van der Waals surface area contributed by atoms with Crippen molar-refractivity contribution in [2.75, 3.05) is 6.54 Å². The summed E-state index contributed by atoms with van der Waals surface area (Å²) in [6.07, 6.45) is 0. The fourth-order valence-corrected chi connectivity index (χ4v) is 1.22. The van der Waals surface area contributed by atoms with Gasteiger partial charge < -0.3 is 11.1 Å². The highest BCUT2D eigenvalue weighted by atomic mass is 19.1. The summed E-state index contributed by atoms with van der Waals surface area (Å²) in [5.74, 6) is -2.48. The molecule has 0 aliphatic carbocycles. The van der Waals surface area contributed by atoms with Crippen LogP contribution < -0.4 is 11.1 Å². The Hall–Kier alpha value is -1.49. The third-order valence-electron chi connectivity index (χ3n) is 2.24. The third kappa shape index (κ3) is 2.55. The van der Waals surface area contributed by atoms with E-state index in [1.54, 1.807) is 6.92 Å². The molecule has 0 saturated carbocycles. The SMILES string of the molecule is Cc1ccc(F)c(C(=O)N[C@H](C)CN)c1F. The second kappa shape index (κ2) is 5.03. The van der Waals surface area contributed by atoms with Crippen LogP contribution in [0, 0.1) is 18.6 Å². The first-order chi connectivity index (χ1) is 7.47. The molecule has 3 N–H and O–H groups in total. The van der Waals surface area contributed by atoms with E-state index in [1.807, 2.05) is 0 Å². The maximum atomic E-state index is 13.5. The zero-order valence-electron chi connectivity index (χ0n) is 9.18. The van der Waals surface area contributed by atoms with E-state index in [1.165, 1.54) is 13.0 Å². The standard InChI is InChI=1S/C11H14F2N2O/c1-6-3-4-8(12)9(10(6)13)11(16)15-7(2)5-14/h3-4,7H,5,14H2,1-2H3,(H,15,16)/t7-/m1/s1. The van der Waals surface area contributed by atoms with Crippen LogP contribution in [0.3, 0.4) is 0 Å². The lowest BCUT2D eigenvalue weighted by molar-refractivity contribution is 0.0932. The minimum atomic E-state index is -0.871. The van der Waals surface area contributed by atoms with Crippen LogP contribution in [0.1, 0.15) is 22.8 Å². The first kappa shape index (κ1) is 12.6. The monoisotopic (exact) mass is 228 g/mol. The van der Waals surface area contributed by atoms with Crippen LogP contribution in [0.15, 0.2) is 12.1 Å². The molecule has 0 spiro atoms. The van der Waals surface area contributed by atoms with Gasteiger partial charge in [-0.2, -0.15) is 0 Å². The van der Waals surface area contributed by atoms with Gasteiger partial charge in [-0.1, -0.05) is 6.07 Å². The molecule has 0 fully saturated rings. The van der Waals surface area contributed by atoms with Gasteiger partial charge in [0.25, 0.3) is 5.91 Å². The number of hydrogen-bond acceptors (Lipinski definition) is 2. The maximum absolute atomic E-state index is 13.5. The first-order valence-corrected chi connectivity index (χ1v) is 4.93. The number of amides is 1. The average Bonchev–Trinajstić information content (AvgIpc) is 2.24.